The number of amides is 4. The molecule has 49 heavy (non-hydrogen) atoms. The van der Waals surface area contributed by atoms with Crippen molar-refractivity contribution in [3.63, 3.8) is 0 Å². The van der Waals surface area contributed by atoms with E-state index in [-0.39, 0.29) is 32.1 Å². The highest BCUT2D eigenvalue weighted by molar-refractivity contribution is 5.95. The third-order valence-corrected chi connectivity index (χ3v) is 7.52. The van der Waals surface area contributed by atoms with E-state index in [0.717, 1.165) is 5.56 Å². The average Bonchev–Trinajstić information content (AvgIpc) is 3.80. The van der Waals surface area contributed by atoms with Crippen LogP contribution in [0.4, 0.5) is 0 Å². The van der Waals surface area contributed by atoms with Crippen molar-refractivity contribution in [2.24, 2.45) is 11.5 Å². The number of unbranched alkanes of at least 4 members (excludes halogenated alkanes) is 1. The number of aromatic nitrogens is 4. The fourth-order valence-electron chi connectivity index (χ4n) is 4.91. The summed E-state index contributed by atoms with van der Waals surface area (Å²) in [6.45, 7) is 0.335. The van der Waals surface area contributed by atoms with Gasteiger partial charge in [-0.15, -0.1) is 0 Å². The second-order valence-corrected chi connectivity index (χ2v) is 11.4. The minimum atomic E-state index is -1.41. The quantitative estimate of drug-likeness (QED) is 0.0553. The van der Waals surface area contributed by atoms with Crippen LogP contribution in [0, 0.1) is 0 Å². The van der Waals surface area contributed by atoms with Gasteiger partial charge in [-0.1, -0.05) is 30.3 Å². The van der Waals surface area contributed by atoms with Gasteiger partial charge in [0.15, 0.2) is 0 Å². The van der Waals surface area contributed by atoms with Gasteiger partial charge in [-0.3, -0.25) is 28.8 Å². The Morgan fingerprint density at radius 3 is 1.90 bits per heavy atom. The lowest BCUT2D eigenvalue weighted by atomic mass is 10.0. The zero-order valence-corrected chi connectivity index (χ0v) is 26.9. The molecule has 17 nitrogen and oxygen atoms in total. The first-order valence-corrected chi connectivity index (χ1v) is 15.8. The first-order valence-electron chi connectivity index (χ1n) is 15.8. The molecule has 1 aromatic carbocycles. The normalized spacial score (nSPS) is 14.0. The molecule has 0 unspecified atom stereocenters. The number of carbonyl (C=O) groups is 5. The summed E-state index contributed by atoms with van der Waals surface area (Å²) in [6.07, 6.45) is 8.14. The van der Waals surface area contributed by atoms with Crippen LogP contribution < -0.4 is 32.7 Å². The minimum Gasteiger partial charge on any atom is -0.481 e. The van der Waals surface area contributed by atoms with Gasteiger partial charge < -0.3 is 47.8 Å². The Morgan fingerprint density at radius 1 is 0.755 bits per heavy atom. The molecule has 0 bridgehead atoms. The predicted octanol–water partition coefficient (Wildman–Crippen LogP) is -1.47. The standard InChI is InChI=1S/C32H43N10O7/c33-11-5-4-8-25(30(47)39-23(17-43)13-21-15-35-18-37-21)40-31(48)26(9-10-28(44)45)41-32(49)27(14-22-16-36-19-38-22)42-29(46)24(34)12-20-6-2-1-3-7-20/h1-3,6-7,15-16,18-19,23-27H,4-5,8-14,33-34H2,(H,35,37)(H,36,38)(H,39,47)(H,40,48)(H,41,49)(H,42,46)(H,44,45)/t23-,24-,25-,26-,27-/m0/s1. The highest BCUT2D eigenvalue weighted by Gasteiger charge is 2.32. The maximum Gasteiger partial charge on any atom is 0.303 e. The van der Waals surface area contributed by atoms with E-state index in [2.05, 4.69) is 41.2 Å². The third-order valence-electron chi connectivity index (χ3n) is 7.52. The number of nitrogens with zero attached hydrogens (tertiary/aromatic N) is 2. The van der Waals surface area contributed by atoms with Crippen LogP contribution in [-0.2, 0) is 48.0 Å². The first-order chi connectivity index (χ1) is 23.6. The number of carboxylic acids is 1. The Hall–Kier alpha value is -5.42. The van der Waals surface area contributed by atoms with Gasteiger partial charge in [0.25, 0.3) is 0 Å². The third kappa shape index (κ3) is 13.3. The molecule has 17 heteroatoms. The maximum atomic E-state index is 13.6. The van der Waals surface area contributed by atoms with Gasteiger partial charge >= 0.3 is 5.97 Å². The molecule has 0 saturated heterocycles. The van der Waals surface area contributed by atoms with Crippen LogP contribution in [0.15, 0.2) is 55.4 Å². The summed E-state index contributed by atoms with van der Waals surface area (Å²) in [5, 5.41) is 19.7. The summed E-state index contributed by atoms with van der Waals surface area (Å²) < 4.78 is 0. The van der Waals surface area contributed by atoms with Crippen LogP contribution >= 0.6 is 0 Å². The Kier molecular flexibility index (Phi) is 15.6. The number of rotatable bonds is 22. The Bertz CT molecular complexity index is 1480. The molecule has 3 aromatic rings. The largest absolute Gasteiger partial charge is 0.481 e. The fraction of sp³-hybridized carbons (Fsp3) is 0.438. The number of H-pyrrole nitrogens is 2. The van der Waals surface area contributed by atoms with E-state index in [4.69, 9.17) is 11.5 Å². The lowest BCUT2D eigenvalue weighted by Crippen LogP contribution is -2.58. The summed E-state index contributed by atoms with van der Waals surface area (Å²) in [5.74, 6) is -4.17. The monoisotopic (exact) mass is 679 g/mol. The van der Waals surface area contributed by atoms with Crippen molar-refractivity contribution in [1.29, 1.82) is 0 Å². The number of hydrogen-bond acceptors (Lipinski definition) is 10. The van der Waals surface area contributed by atoms with Gasteiger partial charge in [-0.25, -0.2) is 9.97 Å². The van der Waals surface area contributed by atoms with Crippen LogP contribution in [0.2, 0.25) is 0 Å². The van der Waals surface area contributed by atoms with Crippen molar-refractivity contribution in [1.82, 2.24) is 41.2 Å². The van der Waals surface area contributed by atoms with Gasteiger partial charge in [0.2, 0.25) is 29.9 Å². The number of nitrogens with two attached hydrogens (primary N) is 2. The van der Waals surface area contributed by atoms with Gasteiger partial charge in [0.1, 0.15) is 24.2 Å². The van der Waals surface area contributed by atoms with E-state index in [0.29, 0.717) is 30.8 Å². The number of carboxylic acid groups (broad SMARTS) is 1. The molecule has 0 aliphatic rings. The number of aromatic amines is 2. The van der Waals surface area contributed by atoms with Gasteiger partial charge in [-0.2, -0.15) is 0 Å². The van der Waals surface area contributed by atoms with Crippen LogP contribution in [0.25, 0.3) is 0 Å². The molecule has 0 aliphatic carbocycles. The minimum absolute atomic E-state index is 0.0532. The molecule has 0 spiro atoms. The number of benzene rings is 1. The van der Waals surface area contributed by atoms with Gasteiger partial charge in [-0.05, 0) is 44.2 Å². The van der Waals surface area contributed by atoms with Crippen LogP contribution in [0.1, 0.15) is 49.1 Å². The first kappa shape index (κ1) is 38.0. The van der Waals surface area contributed by atoms with E-state index in [1.807, 2.05) is 30.3 Å². The Labute approximate surface area is 282 Å². The number of carbonyl (C=O) groups excluding carboxylic acids is 5. The van der Waals surface area contributed by atoms with E-state index < -0.39 is 66.2 Å². The van der Waals surface area contributed by atoms with Crippen molar-refractivity contribution < 1.29 is 33.9 Å². The lowest BCUT2D eigenvalue weighted by Gasteiger charge is -2.26. The average molecular weight is 680 g/mol. The molecule has 0 aliphatic heterocycles. The van der Waals surface area contributed by atoms with Crippen molar-refractivity contribution in [2.45, 2.75) is 81.6 Å². The Morgan fingerprint density at radius 2 is 1.33 bits per heavy atom. The summed E-state index contributed by atoms with van der Waals surface area (Å²) >= 11 is 0. The molecule has 3 rings (SSSR count). The van der Waals surface area contributed by atoms with Gasteiger partial charge in [0.05, 0.1) is 30.1 Å². The predicted molar refractivity (Wildman–Crippen MR) is 176 cm³/mol. The van der Waals surface area contributed by atoms with Crippen LogP contribution in [0.3, 0.4) is 0 Å². The van der Waals surface area contributed by atoms with Crippen molar-refractivity contribution in [2.75, 3.05) is 6.54 Å². The molecule has 4 amide bonds. The molecular formula is C32H43N10O7. The van der Waals surface area contributed by atoms with E-state index >= 15 is 0 Å². The molecule has 2 aromatic heterocycles. The van der Waals surface area contributed by atoms with Crippen LogP contribution in [0.5, 0.6) is 0 Å². The highest BCUT2D eigenvalue weighted by atomic mass is 16.4. The maximum absolute atomic E-state index is 13.6. The molecule has 11 N–H and O–H groups in total. The summed E-state index contributed by atoms with van der Waals surface area (Å²) in [5.41, 5.74) is 13.5. The zero-order valence-electron chi connectivity index (χ0n) is 26.9. The smallest absolute Gasteiger partial charge is 0.303 e. The molecule has 2 heterocycles. The SMILES string of the molecule is NCCCC[C@H](NC(=O)[C@H](CCC(=O)O)NC(=O)[C@H](Cc1c[nH]cn1)NC(=O)[C@@H](N)Cc1ccccc1)C(=O)N[C@H]([C]=O)Cc1c[nH]cn1. The van der Waals surface area contributed by atoms with E-state index in [9.17, 15) is 33.9 Å². The molecule has 0 saturated carbocycles. The van der Waals surface area contributed by atoms with Crippen molar-refractivity contribution in [3.8, 4) is 0 Å². The molecule has 1 radical (unpaired) electrons. The summed E-state index contributed by atoms with van der Waals surface area (Å²) in [6, 6.07) is 3.19. The van der Waals surface area contributed by atoms with Crippen LogP contribution in [-0.4, -0.2) is 97.7 Å². The zero-order chi connectivity index (χ0) is 35.6. The second-order valence-electron chi connectivity index (χ2n) is 11.4. The number of hydrogen-bond donors (Lipinski definition) is 9. The van der Waals surface area contributed by atoms with E-state index in [1.54, 1.807) is 12.5 Å². The summed E-state index contributed by atoms with van der Waals surface area (Å²) in [4.78, 5) is 90.3. The summed E-state index contributed by atoms with van der Waals surface area (Å²) in [7, 11) is 0. The van der Waals surface area contributed by atoms with E-state index in [1.165, 1.54) is 18.9 Å². The molecule has 263 valence electrons. The molecule has 0 fully saturated rings. The highest BCUT2D eigenvalue weighted by Crippen LogP contribution is 2.08. The Balaban J connectivity index is 1.76. The number of imidazole rings is 2. The molecular weight excluding hydrogens is 636 g/mol. The number of aliphatic carboxylic acids is 1. The second kappa shape index (κ2) is 20.1. The molecule has 5 atom stereocenters. The number of nitrogens with one attached hydrogen (secondary N) is 6. The lowest BCUT2D eigenvalue weighted by molar-refractivity contribution is -0.138. The van der Waals surface area contributed by atoms with Crippen molar-refractivity contribution in [3.05, 3.63) is 72.3 Å². The topological polar surface area (TPSA) is 280 Å². The fourth-order valence-corrected chi connectivity index (χ4v) is 4.91. The van der Waals surface area contributed by atoms with Crippen molar-refractivity contribution >= 4 is 35.9 Å². The van der Waals surface area contributed by atoms with Gasteiger partial charge in [0, 0.05) is 31.7 Å².